The third-order valence-corrected chi connectivity index (χ3v) is 2.43. The molecule has 6 nitrogen and oxygen atoms in total. The van der Waals surface area contributed by atoms with Gasteiger partial charge in [-0.25, -0.2) is 0 Å². The maximum atomic E-state index is 10.8. The Bertz CT molecular complexity index is 460. The molecule has 0 aromatic heterocycles. The van der Waals surface area contributed by atoms with Crippen LogP contribution in [0.15, 0.2) is 23.3 Å². The van der Waals surface area contributed by atoms with E-state index in [2.05, 4.69) is 10.0 Å². The molecule has 2 unspecified atom stereocenters. The van der Waals surface area contributed by atoms with Gasteiger partial charge in [0, 0.05) is 15.5 Å². The average Bonchev–Trinajstić information content (AvgIpc) is 2.34. The summed E-state index contributed by atoms with van der Waals surface area (Å²) in [6.07, 6.45) is -2.07. The van der Waals surface area contributed by atoms with Crippen molar-refractivity contribution in [2.75, 3.05) is 6.54 Å². The second-order valence-corrected chi connectivity index (χ2v) is 3.75. The van der Waals surface area contributed by atoms with Crippen LogP contribution in [-0.2, 0) is 0 Å². The van der Waals surface area contributed by atoms with Crippen molar-refractivity contribution in [3.8, 4) is 0 Å². The van der Waals surface area contributed by atoms with Gasteiger partial charge in [-0.1, -0.05) is 16.7 Å². The Morgan fingerprint density at radius 3 is 2.82 bits per heavy atom. The average molecular weight is 256 g/mol. The van der Waals surface area contributed by atoms with Gasteiger partial charge in [0.2, 0.25) is 0 Å². The number of nitrogens with zero attached hydrogens (tertiary/aromatic N) is 3. The normalized spacial score (nSPS) is 13.6. The molecule has 0 saturated heterocycles. The van der Waals surface area contributed by atoms with E-state index in [1.54, 1.807) is 0 Å². The SMILES string of the molecule is [N-]=[N+]=NCC(O)C(O)c1cc(Cl)ccc1C=O. The van der Waals surface area contributed by atoms with Crippen molar-refractivity contribution in [3.63, 3.8) is 0 Å². The monoisotopic (exact) mass is 255 g/mol. The molecule has 7 heteroatoms. The van der Waals surface area contributed by atoms with Crippen LogP contribution in [0.2, 0.25) is 5.02 Å². The molecule has 17 heavy (non-hydrogen) atoms. The predicted molar refractivity (Wildman–Crippen MR) is 61.8 cm³/mol. The summed E-state index contributed by atoms with van der Waals surface area (Å²) in [4.78, 5) is 13.2. The first-order chi connectivity index (χ1) is 8.10. The van der Waals surface area contributed by atoms with Crippen LogP contribution in [0, 0.1) is 0 Å². The number of aliphatic hydroxyl groups excluding tert-OH is 2. The van der Waals surface area contributed by atoms with E-state index < -0.39 is 12.2 Å². The molecular formula is C10H10ClN3O3. The highest BCUT2D eigenvalue weighted by Gasteiger charge is 2.20. The molecule has 2 N–H and O–H groups in total. The summed E-state index contributed by atoms with van der Waals surface area (Å²) in [7, 11) is 0. The van der Waals surface area contributed by atoms with Crippen LogP contribution < -0.4 is 0 Å². The van der Waals surface area contributed by atoms with E-state index in [1.807, 2.05) is 0 Å². The fraction of sp³-hybridized carbons (Fsp3) is 0.300. The summed E-state index contributed by atoms with van der Waals surface area (Å²) < 4.78 is 0. The molecule has 0 heterocycles. The van der Waals surface area contributed by atoms with Crippen molar-refractivity contribution >= 4 is 17.9 Å². The van der Waals surface area contributed by atoms with Crippen LogP contribution >= 0.6 is 11.6 Å². The molecule has 1 rings (SSSR count). The van der Waals surface area contributed by atoms with Gasteiger partial charge in [-0.05, 0) is 29.3 Å². The van der Waals surface area contributed by atoms with Crippen molar-refractivity contribution in [3.05, 3.63) is 44.8 Å². The van der Waals surface area contributed by atoms with Crippen LogP contribution in [-0.4, -0.2) is 29.1 Å². The summed E-state index contributed by atoms with van der Waals surface area (Å²) in [6, 6.07) is 4.32. The highest BCUT2D eigenvalue weighted by molar-refractivity contribution is 6.30. The van der Waals surface area contributed by atoms with Gasteiger partial charge in [0.05, 0.1) is 12.6 Å². The van der Waals surface area contributed by atoms with E-state index >= 15 is 0 Å². The van der Waals surface area contributed by atoms with Gasteiger partial charge in [0.15, 0.2) is 0 Å². The lowest BCUT2D eigenvalue weighted by Crippen LogP contribution is -2.22. The number of azide groups is 1. The largest absolute Gasteiger partial charge is 0.390 e. The molecule has 0 bridgehead atoms. The topological polar surface area (TPSA) is 106 Å². The summed E-state index contributed by atoms with van der Waals surface area (Å²) in [5.41, 5.74) is 8.53. The lowest BCUT2D eigenvalue weighted by Gasteiger charge is -2.17. The highest BCUT2D eigenvalue weighted by atomic mass is 35.5. The summed E-state index contributed by atoms with van der Waals surface area (Å²) in [5, 5.41) is 22.8. The van der Waals surface area contributed by atoms with E-state index in [-0.39, 0.29) is 17.7 Å². The third kappa shape index (κ3) is 3.44. The predicted octanol–water partition coefficient (Wildman–Crippen LogP) is 1.86. The van der Waals surface area contributed by atoms with Gasteiger partial charge in [-0.3, -0.25) is 4.79 Å². The number of halogens is 1. The lowest BCUT2D eigenvalue weighted by atomic mass is 9.99. The van der Waals surface area contributed by atoms with Gasteiger partial charge < -0.3 is 10.2 Å². The quantitative estimate of drug-likeness (QED) is 0.363. The lowest BCUT2D eigenvalue weighted by molar-refractivity contribution is 0.0240. The zero-order valence-electron chi connectivity index (χ0n) is 8.69. The number of aldehydes is 1. The molecule has 0 saturated carbocycles. The Hall–Kier alpha value is -1.59. The molecular weight excluding hydrogens is 246 g/mol. The molecule has 0 radical (unpaired) electrons. The molecule has 0 amide bonds. The van der Waals surface area contributed by atoms with Crippen molar-refractivity contribution in [1.29, 1.82) is 0 Å². The molecule has 90 valence electrons. The van der Waals surface area contributed by atoms with E-state index in [1.165, 1.54) is 18.2 Å². The van der Waals surface area contributed by atoms with Crippen LogP contribution in [0.5, 0.6) is 0 Å². The summed E-state index contributed by atoms with van der Waals surface area (Å²) in [6.45, 7) is -0.289. The Morgan fingerprint density at radius 1 is 1.53 bits per heavy atom. The second kappa shape index (κ2) is 6.22. The van der Waals surface area contributed by atoms with Crippen molar-refractivity contribution in [2.45, 2.75) is 12.2 Å². The summed E-state index contributed by atoms with van der Waals surface area (Å²) >= 11 is 5.74. The first kappa shape index (κ1) is 13.5. The molecule has 0 spiro atoms. The van der Waals surface area contributed by atoms with Crippen molar-refractivity contribution < 1.29 is 15.0 Å². The zero-order chi connectivity index (χ0) is 12.8. The standard InChI is InChI=1S/C10H10ClN3O3/c11-7-2-1-6(5-15)8(3-7)10(17)9(16)4-13-14-12/h1-3,5,9-10,16-17H,4H2. The fourth-order valence-corrected chi connectivity index (χ4v) is 1.52. The third-order valence-electron chi connectivity index (χ3n) is 2.19. The zero-order valence-corrected chi connectivity index (χ0v) is 9.45. The Balaban J connectivity index is 3.01. The molecule has 0 aliphatic heterocycles. The molecule has 1 aromatic rings. The maximum absolute atomic E-state index is 10.8. The smallest absolute Gasteiger partial charge is 0.150 e. The second-order valence-electron chi connectivity index (χ2n) is 3.32. The van der Waals surface area contributed by atoms with E-state index in [0.717, 1.165) is 0 Å². The number of carbonyl (C=O) groups excluding carboxylic acids is 1. The number of aliphatic hydroxyl groups is 2. The Morgan fingerprint density at radius 2 is 2.24 bits per heavy atom. The van der Waals surface area contributed by atoms with Crippen molar-refractivity contribution in [2.24, 2.45) is 5.11 Å². The summed E-state index contributed by atoms with van der Waals surface area (Å²) in [5.74, 6) is 0. The minimum atomic E-state index is -1.33. The molecule has 2 atom stereocenters. The molecule has 0 aliphatic rings. The number of benzene rings is 1. The van der Waals surface area contributed by atoms with E-state index in [0.29, 0.717) is 11.3 Å². The van der Waals surface area contributed by atoms with Crippen LogP contribution in [0.25, 0.3) is 10.4 Å². The van der Waals surface area contributed by atoms with Gasteiger partial charge >= 0.3 is 0 Å². The number of hydrogen-bond acceptors (Lipinski definition) is 4. The van der Waals surface area contributed by atoms with Crippen LogP contribution in [0.1, 0.15) is 22.0 Å². The first-order valence-corrected chi connectivity index (χ1v) is 5.09. The maximum Gasteiger partial charge on any atom is 0.150 e. The highest BCUT2D eigenvalue weighted by Crippen LogP contribution is 2.24. The number of rotatable bonds is 5. The Kier molecular flexibility index (Phi) is 4.93. The van der Waals surface area contributed by atoms with Gasteiger partial charge in [0.25, 0.3) is 0 Å². The minimum Gasteiger partial charge on any atom is -0.390 e. The number of carbonyl (C=O) groups is 1. The Labute approximate surface area is 102 Å². The first-order valence-electron chi connectivity index (χ1n) is 4.71. The van der Waals surface area contributed by atoms with Crippen LogP contribution in [0.3, 0.4) is 0 Å². The fourth-order valence-electron chi connectivity index (χ4n) is 1.34. The van der Waals surface area contributed by atoms with E-state index in [9.17, 15) is 15.0 Å². The molecule has 0 fully saturated rings. The van der Waals surface area contributed by atoms with E-state index in [4.69, 9.17) is 17.1 Å². The van der Waals surface area contributed by atoms with Crippen LogP contribution in [0.4, 0.5) is 0 Å². The number of hydrogen-bond donors (Lipinski definition) is 2. The molecule has 1 aromatic carbocycles. The van der Waals surface area contributed by atoms with Crippen molar-refractivity contribution in [1.82, 2.24) is 0 Å². The van der Waals surface area contributed by atoms with Gasteiger partial charge in [-0.2, -0.15) is 0 Å². The van der Waals surface area contributed by atoms with Gasteiger partial charge in [-0.15, -0.1) is 0 Å². The van der Waals surface area contributed by atoms with Gasteiger partial charge in [0.1, 0.15) is 12.4 Å². The molecule has 0 aliphatic carbocycles. The minimum absolute atomic E-state index is 0.202.